The van der Waals surface area contributed by atoms with Crippen LogP contribution in [-0.2, 0) is 11.3 Å². The first-order valence-corrected chi connectivity index (χ1v) is 9.62. The predicted molar refractivity (Wildman–Crippen MR) is 101 cm³/mol. The highest BCUT2D eigenvalue weighted by Crippen LogP contribution is 2.21. The number of nitrogens with zero attached hydrogens (tertiary/aromatic N) is 3. The van der Waals surface area contributed by atoms with Gasteiger partial charge < -0.3 is 14.5 Å². The summed E-state index contributed by atoms with van der Waals surface area (Å²) in [6, 6.07) is 3.58. The van der Waals surface area contributed by atoms with Crippen LogP contribution in [0.4, 0.5) is 0 Å². The van der Waals surface area contributed by atoms with E-state index in [1.54, 1.807) is 6.07 Å². The summed E-state index contributed by atoms with van der Waals surface area (Å²) in [6.07, 6.45) is 0. The van der Waals surface area contributed by atoms with Crippen LogP contribution in [0.25, 0.3) is 0 Å². The van der Waals surface area contributed by atoms with Gasteiger partial charge in [0.1, 0.15) is 5.76 Å². The minimum absolute atomic E-state index is 0.0427. The van der Waals surface area contributed by atoms with Gasteiger partial charge in [-0.3, -0.25) is 14.4 Å². The number of morpholine rings is 1. The summed E-state index contributed by atoms with van der Waals surface area (Å²) >= 11 is 3.52. The van der Waals surface area contributed by atoms with Gasteiger partial charge in [-0.05, 0) is 48.8 Å². The Morgan fingerprint density at radius 3 is 2.73 bits per heavy atom. The third kappa shape index (κ3) is 4.55. The van der Waals surface area contributed by atoms with Crippen LogP contribution in [0, 0.1) is 13.8 Å². The monoisotopic (exact) mass is 424 g/mol. The van der Waals surface area contributed by atoms with E-state index < -0.39 is 0 Å². The minimum atomic E-state index is -0.188. The van der Waals surface area contributed by atoms with E-state index >= 15 is 0 Å². The fraction of sp³-hybridized carbons (Fsp3) is 0.556. The van der Waals surface area contributed by atoms with Gasteiger partial charge >= 0.3 is 0 Å². The third-order valence-corrected chi connectivity index (χ3v) is 5.65. The van der Waals surface area contributed by atoms with E-state index in [2.05, 4.69) is 31.2 Å². The lowest BCUT2D eigenvalue weighted by Gasteiger charge is -2.29. The molecule has 0 bridgehead atoms. The van der Waals surface area contributed by atoms with Gasteiger partial charge in [0.25, 0.3) is 5.91 Å². The number of ether oxygens (including phenoxy) is 1. The lowest BCUT2D eigenvalue weighted by atomic mass is 10.2. The van der Waals surface area contributed by atoms with E-state index in [0.29, 0.717) is 18.1 Å². The summed E-state index contributed by atoms with van der Waals surface area (Å²) < 4.78 is 13.9. The molecule has 3 rings (SSSR count). The number of halogens is 1. The van der Waals surface area contributed by atoms with Crippen LogP contribution in [-0.4, -0.2) is 59.5 Å². The maximum Gasteiger partial charge on any atom is 0.287 e. The van der Waals surface area contributed by atoms with E-state index in [1.165, 1.54) is 0 Å². The number of hydrogen-bond donors (Lipinski definition) is 1. The Morgan fingerprint density at radius 1 is 1.35 bits per heavy atom. The number of carbonyl (C=O) groups excluding carboxylic acids is 1. The number of amides is 1. The zero-order chi connectivity index (χ0) is 18.7. The smallest absolute Gasteiger partial charge is 0.287 e. The highest BCUT2D eigenvalue weighted by atomic mass is 79.9. The first-order chi connectivity index (χ1) is 12.4. The van der Waals surface area contributed by atoms with Gasteiger partial charge in [-0.15, -0.1) is 0 Å². The quantitative estimate of drug-likeness (QED) is 0.770. The molecule has 1 saturated heterocycles. The van der Waals surface area contributed by atoms with E-state index in [-0.39, 0.29) is 11.9 Å². The molecule has 1 aliphatic heterocycles. The molecule has 1 atom stereocenters. The van der Waals surface area contributed by atoms with Crippen LogP contribution in [0.2, 0.25) is 0 Å². The van der Waals surface area contributed by atoms with Crippen molar-refractivity contribution in [1.29, 1.82) is 0 Å². The van der Waals surface area contributed by atoms with E-state index in [9.17, 15) is 4.79 Å². The molecule has 1 amide bonds. The second kappa shape index (κ2) is 8.37. The molecule has 2 aromatic heterocycles. The highest BCUT2D eigenvalue weighted by Gasteiger charge is 2.18. The topological polar surface area (TPSA) is 72.5 Å². The standard InChI is InChI=1S/C18H25BrN4O3/c1-12(10-22-6-8-25-9-7-22)20-18(24)16-5-4-15(26-16)11-23-14(3)17(19)13(2)21-23/h4-5,12H,6-11H2,1-3H3,(H,20,24). The van der Waals surface area contributed by atoms with Gasteiger partial charge in [0, 0.05) is 25.7 Å². The molecule has 7 nitrogen and oxygen atoms in total. The zero-order valence-electron chi connectivity index (χ0n) is 15.4. The van der Waals surface area contributed by atoms with Gasteiger partial charge in [-0.25, -0.2) is 0 Å². The first kappa shape index (κ1) is 19.1. The molecule has 8 heteroatoms. The maximum absolute atomic E-state index is 12.4. The van der Waals surface area contributed by atoms with Gasteiger partial charge in [-0.2, -0.15) is 5.10 Å². The van der Waals surface area contributed by atoms with Crippen molar-refractivity contribution in [2.45, 2.75) is 33.4 Å². The molecule has 142 valence electrons. The van der Waals surface area contributed by atoms with Crippen molar-refractivity contribution in [3.63, 3.8) is 0 Å². The van der Waals surface area contributed by atoms with Crippen LogP contribution in [0.5, 0.6) is 0 Å². The van der Waals surface area contributed by atoms with Crippen LogP contribution < -0.4 is 5.32 Å². The van der Waals surface area contributed by atoms with Gasteiger partial charge in [-0.1, -0.05) is 0 Å². The van der Waals surface area contributed by atoms with Crippen molar-refractivity contribution >= 4 is 21.8 Å². The Labute approximate surface area is 161 Å². The van der Waals surface area contributed by atoms with Crippen LogP contribution >= 0.6 is 15.9 Å². The largest absolute Gasteiger partial charge is 0.454 e. The second-order valence-electron chi connectivity index (χ2n) is 6.70. The molecular weight excluding hydrogens is 400 g/mol. The molecular formula is C18H25BrN4O3. The number of aryl methyl sites for hydroxylation is 1. The van der Waals surface area contributed by atoms with Gasteiger partial charge in [0.05, 0.1) is 35.6 Å². The average Bonchev–Trinajstić information content (AvgIpc) is 3.17. The Kier molecular flexibility index (Phi) is 6.16. The number of hydrogen-bond acceptors (Lipinski definition) is 5. The zero-order valence-corrected chi connectivity index (χ0v) is 17.0. The second-order valence-corrected chi connectivity index (χ2v) is 7.49. The molecule has 0 aromatic carbocycles. The number of rotatable bonds is 6. The lowest BCUT2D eigenvalue weighted by molar-refractivity contribution is 0.0341. The Balaban J connectivity index is 1.56. The highest BCUT2D eigenvalue weighted by molar-refractivity contribution is 9.10. The van der Waals surface area contributed by atoms with Crippen LogP contribution in [0.3, 0.4) is 0 Å². The Bertz CT molecular complexity index is 765. The average molecular weight is 425 g/mol. The number of carbonyl (C=O) groups is 1. The molecule has 0 aliphatic carbocycles. The molecule has 1 aliphatic rings. The van der Waals surface area contributed by atoms with Crippen molar-refractivity contribution in [3.8, 4) is 0 Å². The van der Waals surface area contributed by atoms with Gasteiger partial charge in [0.15, 0.2) is 5.76 Å². The summed E-state index contributed by atoms with van der Waals surface area (Å²) in [5.41, 5.74) is 1.97. The van der Waals surface area contributed by atoms with Crippen molar-refractivity contribution in [1.82, 2.24) is 20.0 Å². The molecule has 26 heavy (non-hydrogen) atoms. The minimum Gasteiger partial charge on any atom is -0.454 e. The molecule has 0 radical (unpaired) electrons. The number of nitrogens with one attached hydrogen (secondary N) is 1. The normalized spacial score (nSPS) is 16.6. The Hall–Kier alpha value is -1.64. The first-order valence-electron chi connectivity index (χ1n) is 8.83. The fourth-order valence-electron chi connectivity index (χ4n) is 3.07. The summed E-state index contributed by atoms with van der Waals surface area (Å²) in [6.45, 7) is 10.6. The SMILES string of the molecule is Cc1nn(Cc2ccc(C(=O)NC(C)CN3CCOCC3)o2)c(C)c1Br. The maximum atomic E-state index is 12.4. The predicted octanol–water partition coefficient (Wildman–Crippen LogP) is 2.35. The van der Waals surface area contributed by atoms with Crippen LogP contribution in [0.1, 0.15) is 34.6 Å². The number of furan rings is 1. The van der Waals surface area contributed by atoms with Crippen LogP contribution in [0.15, 0.2) is 21.0 Å². The summed E-state index contributed by atoms with van der Waals surface area (Å²) in [7, 11) is 0. The summed E-state index contributed by atoms with van der Waals surface area (Å²) in [5, 5.41) is 7.47. The lowest BCUT2D eigenvalue weighted by Crippen LogP contribution is -2.45. The van der Waals surface area contributed by atoms with Crippen molar-refractivity contribution in [2.75, 3.05) is 32.8 Å². The molecule has 1 unspecified atom stereocenters. The Morgan fingerprint density at radius 2 is 2.08 bits per heavy atom. The summed E-state index contributed by atoms with van der Waals surface area (Å²) in [5.74, 6) is 0.843. The summed E-state index contributed by atoms with van der Waals surface area (Å²) in [4.78, 5) is 14.7. The molecule has 2 aromatic rings. The molecule has 0 saturated carbocycles. The van der Waals surface area contributed by atoms with Crippen molar-refractivity contribution in [2.24, 2.45) is 0 Å². The molecule has 0 spiro atoms. The molecule has 1 fully saturated rings. The third-order valence-electron chi connectivity index (χ3n) is 4.50. The van der Waals surface area contributed by atoms with E-state index in [1.807, 2.05) is 31.5 Å². The van der Waals surface area contributed by atoms with Crippen molar-refractivity contribution < 1.29 is 13.9 Å². The van der Waals surface area contributed by atoms with Crippen molar-refractivity contribution in [3.05, 3.63) is 39.5 Å². The van der Waals surface area contributed by atoms with E-state index in [4.69, 9.17) is 9.15 Å². The molecule has 3 heterocycles. The molecule has 1 N–H and O–H groups in total. The van der Waals surface area contributed by atoms with Gasteiger partial charge in [0.2, 0.25) is 0 Å². The number of aromatic nitrogens is 2. The van der Waals surface area contributed by atoms with E-state index in [0.717, 1.165) is 48.7 Å². The fourth-order valence-corrected chi connectivity index (χ4v) is 3.36.